The molecule has 0 aromatic rings. The smallest absolute Gasteiger partial charge is 0.191 e. The Balaban J connectivity index is 3.44. The number of rotatable bonds is 10. The molecule has 0 N–H and O–H groups in total. The van der Waals surface area contributed by atoms with Crippen molar-refractivity contribution in [1.29, 1.82) is 0 Å². The molecule has 0 atom stereocenters. The maximum atomic E-state index is 6.18. The molecule has 0 bridgehead atoms. The molecular formula is C16H33BrOSi. The first kappa shape index (κ1) is 19.4. The van der Waals surface area contributed by atoms with Crippen LogP contribution >= 0.6 is 15.9 Å². The third-order valence-corrected chi connectivity index (χ3v) is 8.95. The maximum Gasteiger partial charge on any atom is 0.191 e. The van der Waals surface area contributed by atoms with Gasteiger partial charge >= 0.3 is 0 Å². The molecule has 0 radical (unpaired) electrons. The van der Waals surface area contributed by atoms with Crippen molar-refractivity contribution in [1.82, 2.24) is 0 Å². The highest BCUT2D eigenvalue weighted by atomic mass is 79.9. The van der Waals surface area contributed by atoms with E-state index < -0.39 is 8.32 Å². The van der Waals surface area contributed by atoms with Crippen molar-refractivity contribution in [3.8, 4) is 0 Å². The van der Waals surface area contributed by atoms with Gasteiger partial charge < -0.3 is 4.43 Å². The van der Waals surface area contributed by atoms with Crippen LogP contribution in [0, 0.1) is 0 Å². The first-order valence-corrected chi connectivity index (χ1v) is 11.7. The molecule has 19 heavy (non-hydrogen) atoms. The van der Waals surface area contributed by atoms with Crippen molar-refractivity contribution in [2.45, 2.75) is 77.4 Å². The molecule has 0 fully saturated rings. The van der Waals surface area contributed by atoms with Crippen LogP contribution in [0.25, 0.3) is 0 Å². The van der Waals surface area contributed by atoms with E-state index in [0.29, 0.717) is 5.04 Å². The zero-order valence-corrected chi connectivity index (χ0v) is 16.2. The van der Waals surface area contributed by atoms with Crippen molar-refractivity contribution in [3.05, 3.63) is 12.2 Å². The number of hydrogen-bond acceptors (Lipinski definition) is 1. The standard InChI is InChI=1S/C16H33BrOSi/c1-16(2,3)19(4,5)18-15-13-11-9-7-6-8-10-12-14-17/h10,12H,6-9,11,13-15H2,1-5H3/b12-10+. The van der Waals surface area contributed by atoms with Gasteiger partial charge in [0.1, 0.15) is 0 Å². The summed E-state index contributed by atoms with van der Waals surface area (Å²) < 4.78 is 6.18. The van der Waals surface area contributed by atoms with Gasteiger partial charge in [-0.1, -0.05) is 68.1 Å². The van der Waals surface area contributed by atoms with Gasteiger partial charge in [0.2, 0.25) is 0 Å². The minimum atomic E-state index is -1.51. The minimum absolute atomic E-state index is 0.342. The lowest BCUT2D eigenvalue weighted by atomic mass is 10.1. The van der Waals surface area contributed by atoms with Gasteiger partial charge in [0.25, 0.3) is 0 Å². The second-order valence-electron chi connectivity index (χ2n) is 6.79. The van der Waals surface area contributed by atoms with Gasteiger partial charge in [-0.15, -0.1) is 0 Å². The number of halogens is 1. The van der Waals surface area contributed by atoms with E-state index in [0.717, 1.165) is 11.9 Å². The highest BCUT2D eigenvalue weighted by Crippen LogP contribution is 2.36. The lowest BCUT2D eigenvalue weighted by molar-refractivity contribution is 0.277. The van der Waals surface area contributed by atoms with Crippen LogP contribution in [0.15, 0.2) is 12.2 Å². The van der Waals surface area contributed by atoms with E-state index in [-0.39, 0.29) is 0 Å². The lowest BCUT2D eigenvalue weighted by Gasteiger charge is -2.36. The SMILES string of the molecule is CC(C)(C)[Si](C)(C)OCCCCCCC/C=C/CBr. The fraction of sp³-hybridized carbons (Fsp3) is 0.875. The molecule has 0 aliphatic carbocycles. The summed E-state index contributed by atoms with van der Waals surface area (Å²) in [6.45, 7) is 12.5. The van der Waals surface area contributed by atoms with Crippen molar-refractivity contribution < 1.29 is 4.43 Å². The topological polar surface area (TPSA) is 9.23 Å². The first-order chi connectivity index (χ1) is 8.81. The first-order valence-electron chi connectivity index (χ1n) is 7.66. The number of alkyl halides is 1. The fourth-order valence-electron chi connectivity index (χ4n) is 1.62. The average Bonchev–Trinajstić information content (AvgIpc) is 2.30. The fourth-order valence-corrected chi connectivity index (χ4v) is 2.97. The van der Waals surface area contributed by atoms with E-state index in [1.807, 2.05) is 0 Å². The third-order valence-electron chi connectivity index (χ3n) is 4.04. The van der Waals surface area contributed by atoms with Gasteiger partial charge in [-0.05, 0) is 37.4 Å². The summed E-state index contributed by atoms with van der Waals surface area (Å²) in [6, 6.07) is 0. The van der Waals surface area contributed by atoms with Crippen molar-refractivity contribution in [2.24, 2.45) is 0 Å². The van der Waals surface area contributed by atoms with Crippen molar-refractivity contribution in [2.75, 3.05) is 11.9 Å². The summed E-state index contributed by atoms with van der Waals surface area (Å²) >= 11 is 3.39. The second-order valence-corrected chi connectivity index (χ2v) is 12.2. The zero-order chi connectivity index (χ0) is 14.8. The van der Waals surface area contributed by atoms with E-state index in [2.05, 4.69) is 61.9 Å². The molecule has 0 aliphatic rings. The molecule has 0 aromatic carbocycles. The Labute approximate surface area is 130 Å². The summed E-state index contributed by atoms with van der Waals surface area (Å²) in [5, 5.41) is 1.33. The highest BCUT2D eigenvalue weighted by Gasteiger charge is 2.36. The normalized spacial score (nSPS) is 13.4. The molecule has 114 valence electrons. The maximum absolute atomic E-state index is 6.18. The van der Waals surface area contributed by atoms with Crippen LogP contribution in [0.5, 0.6) is 0 Å². The molecule has 0 amide bonds. The lowest BCUT2D eigenvalue weighted by Crippen LogP contribution is -2.40. The average molecular weight is 349 g/mol. The molecule has 3 heteroatoms. The predicted molar refractivity (Wildman–Crippen MR) is 93.8 cm³/mol. The van der Waals surface area contributed by atoms with Crippen LogP contribution in [0.3, 0.4) is 0 Å². The minimum Gasteiger partial charge on any atom is -0.417 e. The van der Waals surface area contributed by atoms with E-state index in [1.165, 1.54) is 38.5 Å². The van der Waals surface area contributed by atoms with Gasteiger partial charge in [0.05, 0.1) is 0 Å². The monoisotopic (exact) mass is 348 g/mol. The summed E-state index contributed by atoms with van der Waals surface area (Å²) in [5.41, 5.74) is 0. The zero-order valence-electron chi connectivity index (χ0n) is 13.6. The molecule has 0 saturated carbocycles. The Morgan fingerprint density at radius 1 is 0.947 bits per heavy atom. The molecule has 0 heterocycles. The van der Waals surface area contributed by atoms with Crippen LogP contribution < -0.4 is 0 Å². The Kier molecular flexibility index (Phi) is 10.4. The summed E-state index contributed by atoms with van der Waals surface area (Å²) in [6.07, 6.45) is 12.3. The van der Waals surface area contributed by atoms with Gasteiger partial charge in [-0.2, -0.15) is 0 Å². The molecule has 0 rings (SSSR count). The van der Waals surface area contributed by atoms with Crippen LogP contribution in [-0.2, 0) is 4.43 Å². The summed E-state index contributed by atoms with van der Waals surface area (Å²) in [7, 11) is -1.51. The van der Waals surface area contributed by atoms with E-state index in [1.54, 1.807) is 0 Å². The molecule has 0 saturated heterocycles. The molecule has 0 aliphatic heterocycles. The Bertz CT molecular complexity index is 244. The molecule has 0 unspecified atom stereocenters. The number of unbranched alkanes of at least 4 members (excludes halogenated alkanes) is 5. The van der Waals surface area contributed by atoms with Crippen molar-refractivity contribution in [3.63, 3.8) is 0 Å². The van der Waals surface area contributed by atoms with Crippen LogP contribution in [0.1, 0.15) is 59.3 Å². The van der Waals surface area contributed by atoms with Gasteiger partial charge in [0, 0.05) is 11.9 Å². The van der Waals surface area contributed by atoms with E-state index >= 15 is 0 Å². The number of hydrogen-bond donors (Lipinski definition) is 0. The summed E-state index contributed by atoms with van der Waals surface area (Å²) in [4.78, 5) is 0. The van der Waals surface area contributed by atoms with Gasteiger partial charge in [-0.3, -0.25) is 0 Å². The largest absolute Gasteiger partial charge is 0.417 e. The highest BCUT2D eigenvalue weighted by molar-refractivity contribution is 9.09. The van der Waals surface area contributed by atoms with Crippen molar-refractivity contribution >= 4 is 24.2 Å². The molecular weight excluding hydrogens is 316 g/mol. The quantitative estimate of drug-likeness (QED) is 0.195. The van der Waals surface area contributed by atoms with Crippen LogP contribution in [-0.4, -0.2) is 20.3 Å². The molecule has 0 spiro atoms. The predicted octanol–water partition coefficient (Wildman–Crippen LogP) is 6.30. The van der Waals surface area contributed by atoms with E-state index in [9.17, 15) is 0 Å². The van der Waals surface area contributed by atoms with Crippen LogP contribution in [0.4, 0.5) is 0 Å². The third kappa shape index (κ3) is 9.86. The van der Waals surface area contributed by atoms with E-state index in [4.69, 9.17) is 4.43 Å². The Morgan fingerprint density at radius 3 is 2.11 bits per heavy atom. The Morgan fingerprint density at radius 2 is 1.53 bits per heavy atom. The second kappa shape index (κ2) is 10.2. The van der Waals surface area contributed by atoms with Gasteiger partial charge in [0.15, 0.2) is 8.32 Å². The van der Waals surface area contributed by atoms with Gasteiger partial charge in [-0.25, -0.2) is 0 Å². The number of allylic oxidation sites excluding steroid dienone is 2. The Hall–Kier alpha value is 0.397. The molecule has 1 nitrogen and oxygen atoms in total. The summed E-state index contributed by atoms with van der Waals surface area (Å²) in [5.74, 6) is 0. The molecule has 0 aromatic heterocycles. The van der Waals surface area contributed by atoms with Crippen LogP contribution in [0.2, 0.25) is 18.1 Å².